The van der Waals surface area contributed by atoms with Crippen LogP contribution < -0.4 is 5.19 Å². The summed E-state index contributed by atoms with van der Waals surface area (Å²) < 4.78 is 94.2. The number of alkyl halides is 6. The molecule has 0 saturated heterocycles. The number of hydrogen-bond acceptors (Lipinski definition) is 6. The Bertz CT molecular complexity index is 727. The summed E-state index contributed by atoms with van der Waals surface area (Å²) in [6, 6.07) is 0.250. The van der Waals surface area contributed by atoms with E-state index in [4.69, 9.17) is 13.3 Å². The van der Waals surface area contributed by atoms with Crippen molar-refractivity contribution < 1.29 is 54.0 Å². The summed E-state index contributed by atoms with van der Waals surface area (Å²) in [4.78, 5) is 35.7. The summed E-state index contributed by atoms with van der Waals surface area (Å²) in [5.41, 5.74) is -3.51. The van der Waals surface area contributed by atoms with Gasteiger partial charge in [0.15, 0.2) is 0 Å². The fourth-order valence-electron chi connectivity index (χ4n) is 2.04. The second kappa shape index (κ2) is 9.49. The van der Waals surface area contributed by atoms with Gasteiger partial charge in [-0.25, -0.2) is 0 Å². The highest BCUT2D eigenvalue weighted by molar-refractivity contribution is 6.79. The van der Waals surface area contributed by atoms with Crippen molar-refractivity contribution in [2.24, 2.45) is 0 Å². The molecule has 0 amide bonds. The summed E-state index contributed by atoms with van der Waals surface area (Å²) in [7, 11) is -5.19. The van der Waals surface area contributed by atoms with Gasteiger partial charge in [0, 0.05) is 19.3 Å². The smallest absolute Gasteiger partial charge is 0.452 e. The molecule has 0 spiro atoms. The molecule has 0 aromatic heterocycles. The maximum absolute atomic E-state index is 13.2. The van der Waals surface area contributed by atoms with Crippen molar-refractivity contribution in [3.8, 4) is 0 Å². The first-order valence-corrected chi connectivity index (χ1v) is 10.4. The van der Waals surface area contributed by atoms with Gasteiger partial charge in [0.2, 0.25) is 0 Å². The van der Waals surface area contributed by atoms with Crippen molar-refractivity contribution in [1.29, 1.82) is 0 Å². The Kier molecular flexibility index (Phi) is 8.06. The van der Waals surface area contributed by atoms with Crippen molar-refractivity contribution in [2.75, 3.05) is 0 Å². The van der Waals surface area contributed by atoms with Gasteiger partial charge in [-0.3, -0.25) is 14.4 Å². The molecular formula is C17H18F6O6Si. The normalized spacial score (nSPS) is 12.3. The van der Waals surface area contributed by atoms with Gasteiger partial charge in [-0.05, 0) is 18.2 Å². The first-order chi connectivity index (χ1) is 13.7. The van der Waals surface area contributed by atoms with E-state index in [0.717, 1.165) is 0 Å². The van der Waals surface area contributed by atoms with Gasteiger partial charge in [-0.1, -0.05) is 20.8 Å². The zero-order valence-corrected chi connectivity index (χ0v) is 17.1. The molecule has 0 fully saturated rings. The van der Waals surface area contributed by atoms with Crippen molar-refractivity contribution in [3.05, 3.63) is 29.3 Å². The van der Waals surface area contributed by atoms with E-state index in [0.29, 0.717) is 0 Å². The molecule has 168 valence electrons. The number of carbonyl (C=O) groups is 3. The van der Waals surface area contributed by atoms with E-state index in [1.807, 2.05) is 0 Å². The fraction of sp³-hybridized carbons (Fsp3) is 0.471. The first-order valence-electron chi connectivity index (χ1n) is 8.64. The standard InChI is InChI=1S/C17H18F6O6Si/c1-4-13(24)27-30(28-14(25)5-2,29-15(26)6-3)12-8-10(16(18,19)20)7-11(9-12)17(21,22)23/h7-9H,4-6H2,1-3H3. The molecular weight excluding hydrogens is 442 g/mol. The Morgan fingerprint density at radius 2 is 1.00 bits per heavy atom. The largest absolute Gasteiger partial charge is 0.742 e. The van der Waals surface area contributed by atoms with Gasteiger partial charge in [-0.15, -0.1) is 0 Å². The van der Waals surface area contributed by atoms with Crippen molar-refractivity contribution >= 4 is 31.9 Å². The van der Waals surface area contributed by atoms with Crippen LogP contribution in [0.4, 0.5) is 26.3 Å². The Balaban J connectivity index is 3.88. The third-order valence-electron chi connectivity index (χ3n) is 3.55. The third-order valence-corrected chi connectivity index (χ3v) is 6.04. The monoisotopic (exact) mass is 460 g/mol. The van der Waals surface area contributed by atoms with Crippen molar-refractivity contribution in [2.45, 2.75) is 52.4 Å². The minimum Gasteiger partial charge on any atom is -0.452 e. The number of carbonyl (C=O) groups excluding carboxylic acids is 3. The highest BCUT2D eigenvalue weighted by Crippen LogP contribution is 2.35. The molecule has 0 aliphatic heterocycles. The van der Waals surface area contributed by atoms with Gasteiger partial charge in [0.25, 0.3) is 17.9 Å². The van der Waals surface area contributed by atoms with E-state index in [1.54, 1.807) is 0 Å². The summed E-state index contributed by atoms with van der Waals surface area (Å²) in [6.07, 6.45) is -11.6. The van der Waals surface area contributed by atoms with Crippen LogP contribution in [0.3, 0.4) is 0 Å². The van der Waals surface area contributed by atoms with E-state index < -0.39 is 55.4 Å². The van der Waals surface area contributed by atoms with E-state index in [9.17, 15) is 40.7 Å². The molecule has 13 heteroatoms. The minimum absolute atomic E-state index is 0.159. The Labute approximate surface area is 168 Å². The van der Waals surface area contributed by atoms with Crippen LogP contribution in [0.5, 0.6) is 0 Å². The summed E-state index contributed by atoms with van der Waals surface area (Å²) in [5, 5.41) is -1.00. The zero-order valence-electron chi connectivity index (χ0n) is 16.1. The molecule has 0 atom stereocenters. The van der Waals surface area contributed by atoms with Crippen molar-refractivity contribution in [1.82, 2.24) is 0 Å². The molecule has 1 aromatic rings. The topological polar surface area (TPSA) is 78.9 Å². The molecule has 0 aliphatic rings. The van der Waals surface area contributed by atoms with E-state index in [-0.39, 0.29) is 37.5 Å². The minimum atomic E-state index is -5.23. The fourth-order valence-corrected chi connectivity index (χ4v) is 4.51. The van der Waals surface area contributed by atoms with Crippen LogP contribution in [-0.4, -0.2) is 26.7 Å². The molecule has 0 N–H and O–H groups in total. The van der Waals surface area contributed by atoms with Gasteiger partial charge in [-0.2, -0.15) is 26.3 Å². The highest BCUT2D eigenvalue weighted by atomic mass is 28.4. The Morgan fingerprint density at radius 3 is 1.23 bits per heavy atom. The molecule has 0 bridgehead atoms. The van der Waals surface area contributed by atoms with Crippen LogP contribution in [0, 0.1) is 0 Å². The number of hydrogen-bond donors (Lipinski definition) is 0. The quantitative estimate of drug-likeness (QED) is 0.456. The Morgan fingerprint density at radius 1 is 0.700 bits per heavy atom. The lowest BCUT2D eigenvalue weighted by Crippen LogP contribution is -2.60. The van der Waals surface area contributed by atoms with Gasteiger partial charge < -0.3 is 13.3 Å². The van der Waals surface area contributed by atoms with Crippen LogP contribution in [0.25, 0.3) is 0 Å². The second-order valence-corrected chi connectivity index (χ2v) is 8.14. The molecule has 1 rings (SSSR count). The lowest BCUT2D eigenvalue weighted by Gasteiger charge is -2.28. The van der Waals surface area contributed by atoms with Crippen LogP contribution in [0.15, 0.2) is 18.2 Å². The Hall–Kier alpha value is -2.57. The summed E-state index contributed by atoms with van der Waals surface area (Å²) in [6.45, 7) is 3.83. The molecule has 0 aliphatic carbocycles. The predicted octanol–water partition coefficient (Wildman–Crippen LogP) is 3.73. The molecule has 6 nitrogen and oxygen atoms in total. The maximum atomic E-state index is 13.2. The average molecular weight is 460 g/mol. The van der Waals surface area contributed by atoms with Crippen LogP contribution in [0.2, 0.25) is 0 Å². The molecule has 0 unspecified atom stereocenters. The lowest BCUT2D eigenvalue weighted by atomic mass is 10.1. The van der Waals surface area contributed by atoms with E-state index >= 15 is 0 Å². The highest BCUT2D eigenvalue weighted by Gasteiger charge is 2.57. The maximum Gasteiger partial charge on any atom is 0.742 e. The van der Waals surface area contributed by atoms with Gasteiger partial charge in [0.1, 0.15) is 0 Å². The van der Waals surface area contributed by atoms with Crippen LogP contribution in [-0.2, 0) is 40.0 Å². The lowest BCUT2D eigenvalue weighted by molar-refractivity contribution is -0.149. The number of benzene rings is 1. The predicted molar refractivity (Wildman–Crippen MR) is 91.0 cm³/mol. The average Bonchev–Trinajstić information content (AvgIpc) is 2.65. The molecule has 1 aromatic carbocycles. The summed E-state index contributed by atoms with van der Waals surface area (Å²) >= 11 is 0. The van der Waals surface area contributed by atoms with Crippen LogP contribution in [0.1, 0.15) is 51.2 Å². The van der Waals surface area contributed by atoms with Crippen molar-refractivity contribution in [3.63, 3.8) is 0 Å². The molecule has 30 heavy (non-hydrogen) atoms. The second-order valence-electron chi connectivity index (χ2n) is 5.83. The SMILES string of the molecule is CCC(=O)O[Si](OC(=O)CC)(OC(=O)CC)c1cc(C(F)(F)F)cc(C(F)(F)F)c1. The third kappa shape index (κ3) is 6.47. The van der Waals surface area contributed by atoms with Gasteiger partial charge in [0.05, 0.1) is 16.3 Å². The van der Waals surface area contributed by atoms with E-state index in [1.165, 1.54) is 20.8 Å². The summed E-state index contributed by atoms with van der Waals surface area (Å²) in [5.74, 6) is -3.46. The van der Waals surface area contributed by atoms with Crippen LogP contribution >= 0.6 is 0 Å². The molecule has 0 radical (unpaired) electrons. The molecule has 0 saturated carbocycles. The van der Waals surface area contributed by atoms with Gasteiger partial charge >= 0.3 is 21.2 Å². The van der Waals surface area contributed by atoms with E-state index in [2.05, 4.69) is 0 Å². The number of rotatable bonds is 7. The number of halogens is 6. The first kappa shape index (κ1) is 25.5. The zero-order chi connectivity index (χ0) is 23.3. The molecule has 0 heterocycles.